The van der Waals surface area contributed by atoms with E-state index in [1.54, 1.807) is 0 Å². The molecule has 0 aromatic carbocycles. The second kappa shape index (κ2) is 5.62. The summed E-state index contributed by atoms with van der Waals surface area (Å²) in [5.74, 6) is -2.54. The maximum atomic E-state index is 10.9. The number of carboxylic acid groups (broad SMARTS) is 1. The molecular weight excluding hydrogens is 240 g/mol. The van der Waals surface area contributed by atoms with Crippen LogP contribution in [0.2, 0.25) is 0 Å². The maximum absolute atomic E-state index is 10.9. The molecule has 1 heterocycles. The number of primary amides is 2. The van der Waals surface area contributed by atoms with Gasteiger partial charge in [0, 0.05) is 11.9 Å². The number of nitrogens with two attached hydrogens (primary N) is 2. The topological polar surface area (TPSA) is 140 Å². The normalized spacial score (nSPS) is 9.78. The Balaban J connectivity index is 3.03. The van der Waals surface area contributed by atoms with Crippen molar-refractivity contribution in [1.29, 1.82) is 0 Å². The summed E-state index contributed by atoms with van der Waals surface area (Å²) in [6.45, 7) is -0.488. The molecular formula is C10H12N4O4. The summed E-state index contributed by atoms with van der Waals surface area (Å²) in [4.78, 5) is 37.4. The number of nitrogens with zero attached hydrogens (tertiary/aromatic N) is 2. The molecule has 1 rings (SSSR count). The van der Waals surface area contributed by atoms with Crippen LogP contribution in [0, 0.1) is 0 Å². The van der Waals surface area contributed by atoms with Crippen LogP contribution in [-0.4, -0.2) is 41.0 Å². The molecule has 0 aliphatic carbocycles. The predicted octanol–water partition coefficient (Wildman–Crippen LogP) is -1.44. The van der Waals surface area contributed by atoms with Crippen LogP contribution in [0.5, 0.6) is 0 Å². The van der Waals surface area contributed by atoms with Gasteiger partial charge in [-0.2, -0.15) is 0 Å². The van der Waals surface area contributed by atoms with Gasteiger partial charge in [-0.1, -0.05) is 0 Å². The first-order valence-corrected chi connectivity index (χ1v) is 4.91. The van der Waals surface area contributed by atoms with Gasteiger partial charge in [-0.25, -0.2) is 9.78 Å². The Morgan fingerprint density at radius 3 is 2.22 bits per heavy atom. The van der Waals surface area contributed by atoms with Crippen molar-refractivity contribution in [3.63, 3.8) is 0 Å². The van der Waals surface area contributed by atoms with E-state index >= 15 is 0 Å². The third kappa shape index (κ3) is 3.74. The smallest absolute Gasteiger partial charge is 0.354 e. The number of hydrogen-bond donors (Lipinski definition) is 3. The highest BCUT2D eigenvalue weighted by atomic mass is 16.4. The van der Waals surface area contributed by atoms with Crippen molar-refractivity contribution >= 4 is 23.5 Å². The summed E-state index contributed by atoms with van der Waals surface area (Å²) in [6, 6.07) is 2.69. The highest BCUT2D eigenvalue weighted by molar-refractivity contribution is 5.88. The van der Waals surface area contributed by atoms with Crippen molar-refractivity contribution in [2.45, 2.75) is 0 Å². The zero-order valence-electron chi connectivity index (χ0n) is 9.37. The number of rotatable bonds is 6. The molecule has 1 aromatic heterocycles. The van der Waals surface area contributed by atoms with Gasteiger partial charge in [-0.3, -0.25) is 9.59 Å². The number of carboxylic acids is 1. The summed E-state index contributed by atoms with van der Waals surface area (Å²) < 4.78 is 0. The fourth-order valence-corrected chi connectivity index (χ4v) is 1.35. The van der Waals surface area contributed by atoms with Crippen LogP contribution in [-0.2, 0) is 9.59 Å². The molecule has 18 heavy (non-hydrogen) atoms. The van der Waals surface area contributed by atoms with Crippen molar-refractivity contribution in [2.75, 3.05) is 18.0 Å². The molecule has 0 saturated heterocycles. The minimum atomic E-state index is -1.21. The summed E-state index contributed by atoms with van der Waals surface area (Å²) in [6.07, 6.45) is 1.26. The quantitative estimate of drug-likeness (QED) is 0.566. The summed E-state index contributed by atoms with van der Waals surface area (Å²) in [7, 11) is 0. The molecule has 0 fully saturated rings. The zero-order chi connectivity index (χ0) is 13.7. The molecule has 0 spiro atoms. The highest BCUT2D eigenvalue weighted by Crippen LogP contribution is 2.14. The van der Waals surface area contributed by atoms with Crippen molar-refractivity contribution in [3.05, 3.63) is 24.0 Å². The summed E-state index contributed by atoms with van der Waals surface area (Å²) in [5, 5.41) is 8.79. The molecule has 0 aliphatic rings. The number of amides is 2. The number of aromatic carboxylic acids is 1. The summed E-state index contributed by atoms with van der Waals surface area (Å²) >= 11 is 0. The molecule has 1 aromatic rings. The second-order valence-corrected chi connectivity index (χ2v) is 3.49. The van der Waals surface area contributed by atoms with Gasteiger partial charge in [0.25, 0.3) is 0 Å². The fraction of sp³-hybridized carbons (Fsp3) is 0.200. The lowest BCUT2D eigenvalue weighted by Gasteiger charge is -2.21. The first-order valence-electron chi connectivity index (χ1n) is 4.91. The highest BCUT2D eigenvalue weighted by Gasteiger charge is 2.14. The number of carbonyl (C=O) groups excluding carboxylic acids is 2. The van der Waals surface area contributed by atoms with Gasteiger partial charge in [-0.15, -0.1) is 0 Å². The molecule has 5 N–H and O–H groups in total. The predicted molar refractivity (Wildman–Crippen MR) is 61.8 cm³/mol. The Kier molecular flexibility index (Phi) is 4.19. The zero-order valence-corrected chi connectivity index (χ0v) is 9.37. The van der Waals surface area contributed by atoms with E-state index in [0.29, 0.717) is 5.69 Å². The van der Waals surface area contributed by atoms with Crippen LogP contribution in [0.3, 0.4) is 0 Å². The molecule has 96 valence electrons. The van der Waals surface area contributed by atoms with Gasteiger partial charge in [-0.05, 0) is 12.1 Å². The standard InChI is InChI=1S/C10H12N4O4/c11-8(15)4-14(5-9(12)16)6-1-2-13-7(3-6)10(17)18/h1-3H,4-5H2,(H2,11,15)(H2,12,16)(H,17,18). The first kappa shape index (κ1) is 13.4. The minimum absolute atomic E-state index is 0.202. The van der Waals surface area contributed by atoms with Gasteiger partial charge in [0.1, 0.15) is 5.69 Å². The Labute approximate surface area is 102 Å². The van der Waals surface area contributed by atoms with E-state index in [9.17, 15) is 14.4 Å². The van der Waals surface area contributed by atoms with Crippen molar-refractivity contribution < 1.29 is 19.5 Å². The molecule has 0 radical (unpaired) electrons. The number of carbonyl (C=O) groups is 3. The van der Waals surface area contributed by atoms with Crippen molar-refractivity contribution in [1.82, 2.24) is 4.98 Å². The van der Waals surface area contributed by atoms with Crippen LogP contribution in [0.25, 0.3) is 0 Å². The van der Waals surface area contributed by atoms with Crippen LogP contribution >= 0.6 is 0 Å². The first-order chi connectivity index (χ1) is 8.40. The Hall–Kier alpha value is -2.64. The van der Waals surface area contributed by atoms with Gasteiger partial charge in [0.2, 0.25) is 11.8 Å². The lowest BCUT2D eigenvalue weighted by atomic mass is 10.2. The van der Waals surface area contributed by atoms with Crippen LogP contribution < -0.4 is 16.4 Å². The third-order valence-electron chi connectivity index (χ3n) is 2.02. The average Bonchev–Trinajstić information content (AvgIpc) is 2.27. The lowest BCUT2D eigenvalue weighted by Crippen LogP contribution is -2.39. The monoisotopic (exact) mass is 252 g/mol. The Morgan fingerprint density at radius 2 is 1.78 bits per heavy atom. The third-order valence-corrected chi connectivity index (χ3v) is 2.02. The fourth-order valence-electron chi connectivity index (χ4n) is 1.35. The van der Waals surface area contributed by atoms with E-state index in [-0.39, 0.29) is 18.8 Å². The molecule has 0 aliphatic heterocycles. The van der Waals surface area contributed by atoms with E-state index in [2.05, 4.69) is 4.98 Å². The van der Waals surface area contributed by atoms with E-state index < -0.39 is 17.8 Å². The number of hydrogen-bond acceptors (Lipinski definition) is 5. The van der Waals surface area contributed by atoms with Crippen LogP contribution in [0.4, 0.5) is 5.69 Å². The number of anilines is 1. The van der Waals surface area contributed by atoms with Crippen LogP contribution in [0.15, 0.2) is 18.3 Å². The van der Waals surface area contributed by atoms with E-state index in [1.165, 1.54) is 23.2 Å². The van der Waals surface area contributed by atoms with E-state index in [1.807, 2.05) is 0 Å². The molecule has 0 atom stereocenters. The molecule has 0 unspecified atom stereocenters. The van der Waals surface area contributed by atoms with Gasteiger partial charge in [0.15, 0.2) is 0 Å². The van der Waals surface area contributed by atoms with Gasteiger partial charge in [0.05, 0.1) is 13.1 Å². The van der Waals surface area contributed by atoms with Crippen molar-refractivity contribution in [3.8, 4) is 0 Å². The Bertz CT molecular complexity index is 473. The number of aromatic nitrogens is 1. The minimum Gasteiger partial charge on any atom is -0.477 e. The number of pyridine rings is 1. The van der Waals surface area contributed by atoms with Gasteiger partial charge < -0.3 is 21.5 Å². The molecule has 0 saturated carbocycles. The van der Waals surface area contributed by atoms with Crippen LogP contribution in [0.1, 0.15) is 10.5 Å². The van der Waals surface area contributed by atoms with Gasteiger partial charge >= 0.3 is 5.97 Å². The SMILES string of the molecule is NC(=O)CN(CC(N)=O)c1ccnc(C(=O)O)c1. The lowest BCUT2D eigenvalue weighted by molar-refractivity contribution is -0.117. The molecule has 0 bridgehead atoms. The largest absolute Gasteiger partial charge is 0.477 e. The Morgan fingerprint density at radius 1 is 1.22 bits per heavy atom. The average molecular weight is 252 g/mol. The van der Waals surface area contributed by atoms with Crippen molar-refractivity contribution in [2.24, 2.45) is 11.5 Å². The molecule has 2 amide bonds. The maximum Gasteiger partial charge on any atom is 0.354 e. The summed E-state index contributed by atoms with van der Waals surface area (Å²) in [5.41, 5.74) is 10.2. The molecule has 8 heteroatoms. The second-order valence-electron chi connectivity index (χ2n) is 3.49. The van der Waals surface area contributed by atoms with E-state index in [4.69, 9.17) is 16.6 Å². The molecule has 8 nitrogen and oxygen atoms in total. The van der Waals surface area contributed by atoms with E-state index in [0.717, 1.165) is 0 Å².